The fourth-order valence-corrected chi connectivity index (χ4v) is 2.33. The highest BCUT2D eigenvalue weighted by atomic mass is 35.5. The summed E-state index contributed by atoms with van der Waals surface area (Å²) in [5.74, 6) is 0. The average Bonchev–Trinajstić information content (AvgIpc) is 2.62. The van der Waals surface area contributed by atoms with Crippen molar-refractivity contribution in [2.24, 2.45) is 7.05 Å². The molecule has 106 valence electrons. The summed E-state index contributed by atoms with van der Waals surface area (Å²) in [6.07, 6.45) is 0. The molecule has 1 aromatic carbocycles. The minimum Gasteiger partial charge on any atom is -0.374 e. The molecule has 7 heteroatoms. The second kappa shape index (κ2) is 5.50. The fraction of sp³-hybridized carbons (Fsp3) is 0.308. The van der Waals surface area contributed by atoms with Gasteiger partial charge in [0.15, 0.2) is 0 Å². The van der Waals surface area contributed by atoms with Crippen molar-refractivity contribution in [2.45, 2.75) is 20.4 Å². The van der Waals surface area contributed by atoms with E-state index in [1.165, 1.54) is 6.07 Å². The molecule has 2 aromatic rings. The third kappa shape index (κ3) is 2.60. The lowest BCUT2D eigenvalue weighted by atomic mass is 10.2. The number of rotatable bonds is 4. The third-order valence-corrected chi connectivity index (χ3v) is 3.60. The molecule has 6 nitrogen and oxygen atoms in total. The molecule has 1 heterocycles. The number of aryl methyl sites for hydroxylation is 2. The SMILES string of the molecule is Cc1nn(C)c(C)c1CNc1c(Cl)cccc1[N+](=O)[O-]. The van der Waals surface area contributed by atoms with Crippen molar-refractivity contribution in [1.29, 1.82) is 0 Å². The van der Waals surface area contributed by atoms with Crippen molar-refractivity contribution < 1.29 is 4.92 Å². The number of halogens is 1. The van der Waals surface area contributed by atoms with Crippen LogP contribution in [0.3, 0.4) is 0 Å². The van der Waals surface area contributed by atoms with E-state index < -0.39 is 4.92 Å². The van der Waals surface area contributed by atoms with Crippen LogP contribution in [0.2, 0.25) is 5.02 Å². The second-order valence-corrected chi connectivity index (χ2v) is 4.92. The number of nitro groups is 1. The Hall–Kier alpha value is -2.08. The second-order valence-electron chi connectivity index (χ2n) is 4.52. The minimum absolute atomic E-state index is 0.0308. The molecule has 0 aliphatic carbocycles. The highest BCUT2D eigenvalue weighted by Crippen LogP contribution is 2.32. The molecule has 2 rings (SSSR count). The molecule has 0 atom stereocenters. The summed E-state index contributed by atoms with van der Waals surface area (Å²) in [5, 5.41) is 18.7. The smallest absolute Gasteiger partial charge is 0.293 e. The number of nitrogens with one attached hydrogen (secondary N) is 1. The lowest BCUT2D eigenvalue weighted by molar-refractivity contribution is -0.383. The molecule has 20 heavy (non-hydrogen) atoms. The number of para-hydroxylation sites is 1. The van der Waals surface area contributed by atoms with E-state index in [2.05, 4.69) is 10.4 Å². The topological polar surface area (TPSA) is 73.0 Å². The summed E-state index contributed by atoms with van der Waals surface area (Å²) in [5.41, 5.74) is 3.23. The van der Waals surface area contributed by atoms with Crippen molar-refractivity contribution in [1.82, 2.24) is 9.78 Å². The quantitative estimate of drug-likeness (QED) is 0.694. The first-order valence-electron chi connectivity index (χ1n) is 6.07. The van der Waals surface area contributed by atoms with E-state index in [0.29, 0.717) is 17.3 Å². The van der Waals surface area contributed by atoms with Gasteiger partial charge in [0.25, 0.3) is 5.69 Å². The van der Waals surface area contributed by atoms with Crippen molar-refractivity contribution in [3.63, 3.8) is 0 Å². The molecule has 0 aliphatic heterocycles. The number of nitrogens with zero attached hydrogens (tertiary/aromatic N) is 3. The summed E-state index contributed by atoms with van der Waals surface area (Å²) in [7, 11) is 1.86. The maximum atomic E-state index is 11.0. The van der Waals surface area contributed by atoms with E-state index in [-0.39, 0.29) is 5.69 Å². The molecular formula is C13H15ClN4O2. The molecule has 0 spiro atoms. The number of anilines is 1. The summed E-state index contributed by atoms with van der Waals surface area (Å²) >= 11 is 6.04. The van der Waals surface area contributed by atoms with Crippen LogP contribution in [0.25, 0.3) is 0 Å². The number of nitro benzene ring substituents is 1. The molecule has 0 radical (unpaired) electrons. The van der Waals surface area contributed by atoms with E-state index in [1.807, 2.05) is 20.9 Å². The van der Waals surface area contributed by atoms with Crippen LogP contribution in [0.4, 0.5) is 11.4 Å². The van der Waals surface area contributed by atoms with Gasteiger partial charge in [-0.2, -0.15) is 5.10 Å². The van der Waals surface area contributed by atoms with Crippen LogP contribution < -0.4 is 5.32 Å². The first kappa shape index (κ1) is 14.3. The van der Waals surface area contributed by atoms with Crippen LogP contribution in [-0.2, 0) is 13.6 Å². The van der Waals surface area contributed by atoms with Crippen LogP contribution in [0, 0.1) is 24.0 Å². The van der Waals surface area contributed by atoms with Gasteiger partial charge in [-0.3, -0.25) is 14.8 Å². The zero-order valence-corrected chi connectivity index (χ0v) is 12.2. The molecule has 0 bridgehead atoms. The fourth-order valence-electron chi connectivity index (χ4n) is 2.09. The van der Waals surface area contributed by atoms with Gasteiger partial charge in [0.1, 0.15) is 5.69 Å². The van der Waals surface area contributed by atoms with Gasteiger partial charge in [-0.15, -0.1) is 0 Å². The van der Waals surface area contributed by atoms with Gasteiger partial charge in [-0.1, -0.05) is 17.7 Å². The summed E-state index contributed by atoms with van der Waals surface area (Å²) in [6, 6.07) is 4.61. The first-order valence-corrected chi connectivity index (χ1v) is 6.45. The monoisotopic (exact) mass is 294 g/mol. The molecular weight excluding hydrogens is 280 g/mol. The molecule has 1 N–H and O–H groups in total. The molecule has 0 amide bonds. The average molecular weight is 295 g/mol. The van der Waals surface area contributed by atoms with Gasteiger partial charge in [0.2, 0.25) is 0 Å². The molecule has 0 saturated heterocycles. The Balaban J connectivity index is 2.30. The van der Waals surface area contributed by atoms with Crippen molar-refractivity contribution >= 4 is 23.0 Å². The van der Waals surface area contributed by atoms with Crippen LogP contribution in [0.1, 0.15) is 17.0 Å². The number of hydrogen-bond acceptors (Lipinski definition) is 4. The van der Waals surface area contributed by atoms with Gasteiger partial charge < -0.3 is 5.32 Å². The van der Waals surface area contributed by atoms with Crippen LogP contribution in [-0.4, -0.2) is 14.7 Å². The zero-order valence-electron chi connectivity index (χ0n) is 11.5. The van der Waals surface area contributed by atoms with Gasteiger partial charge in [0, 0.05) is 30.9 Å². The molecule has 0 fully saturated rings. The molecule has 0 unspecified atom stereocenters. The summed E-state index contributed by atoms with van der Waals surface area (Å²) < 4.78 is 1.79. The van der Waals surface area contributed by atoms with E-state index in [1.54, 1.807) is 16.8 Å². The normalized spacial score (nSPS) is 10.6. The van der Waals surface area contributed by atoms with Gasteiger partial charge in [0.05, 0.1) is 15.6 Å². The number of aromatic nitrogens is 2. The van der Waals surface area contributed by atoms with Gasteiger partial charge >= 0.3 is 0 Å². The van der Waals surface area contributed by atoms with Gasteiger partial charge in [-0.05, 0) is 19.9 Å². The molecule has 0 aliphatic rings. The molecule has 1 aromatic heterocycles. The lowest BCUT2D eigenvalue weighted by Gasteiger charge is -2.09. The van der Waals surface area contributed by atoms with Crippen LogP contribution in [0.15, 0.2) is 18.2 Å². The summed E-state index contributed by atoms with van der Waals surface area (Å²) in [4.78, 5) is 10.6. The number of hydrogen-bond donors (Lipinski definition) is 1. The van der Waals surface area contributed by atoms with Crippen molar-refractivity contribution in [2.75, 3.05) is 5.32 Å². The Morgan fingerprint density at radius 3 is 2.70 bits per heavy atom. The van der Waals surface area contributed by atoms with E-state index in [0.717, 1.165) is 17.0 Å². The third-order valence-electron chi connectivity index (χ3n) is 3.29. The Morgan fingerprint density at radius 1 is 1.45 bits per heavy atom. The first-order chi connectivity index (χ1) is 9.41. The van der Waals surface area contributed by atoms with E-state index in [9.17, 15) is 10.1 Å². The Morgan fingerprint density at radius 2 is 2.15 bits per heavy atom. The predicted molar refractivity (Wildman–Crippen MR) is 78.1 cm³/mol. The van der Waals surface area contributed by atoms with Crippen LogP contribution in [0.5, 0.6) is 0 Å². The van der Waals surface area contributed by atoms with Crippen LogP contribution >= 0.6 is 11.6 Å². The zero-order chi connectivity index (χ0) is 14.9. The Kier molecular flexibility index (Phi) is 3.94. The lowest BCUT2D eigenvalue weighted by Crippen LogP contribution is -2.05. The van der Waals surface area contributed by atoms with Crippen molar-refractivity contribution in [3.8, 4) is 0 Å². The maximum Gasteiger partial charge on any atom is 0.293 e. The highest BCUT2D eigenvalue weighted by molar-refractivity contribution is 6.33. The summed E-state index contributed by atoms with van der Waals surface area (Å²) in [6.45, 7) is 4.30. The largest absolute Gasteiger partial charge is 0.374 e. The minimum atomic E-state index is -0.447. The Labute approximate surface area is 121 Å². The van der Waals surface area contributed by atoms with Gasteiger partial charge in [-0.25, -0.2) is 0 Å². The molecule has 0 saturated carbocycles. The highest BCUT2D eigenvalue weighted by Gasteiger charge is 2.17. The standard InChI is InChI=1S/C13H15ClN4O2/c1-8-10(9(2)17(3)16-8)7-15-13-11(14)5-4-6-12(13)18(19)20/h4-6,15H,7H2,1-3H3. The number of benzene rings is 1. The Bertz CT molecular complexity index is 667. The predicted octanol–water partition coefficient (Wildman–Crippen LogP) is 3.21. The van der Waals surface area contributed by atoms with Crippen molar-refractivity contribution in [3.05, 3.63) is 50.3 Å². The van der Waals surface area contributed by atoms with E-state index in [4.69, 9.17) is 11.6 Å². The maximum absolute atomic E-state index is 11.0. The van der Waals surface area contributed by atoms with E-state index >= 15 is 0 Å².